The number of aromatic nitrogens is 2. The summed E-state index contributed by atoms with van der Waals surface area (Å²) in [6.45, 7) is 0.212. The average molecular weight is 377 g/mol. The monoisotopic (exact) mass is 377 g/mol. The fourth-order valence-electron chi connectivity index (χ4n) is 1.48. The molecule has 2 aromatic rings. The zero-order chi connectivity index (χ0) is 14.0. The highest BCUT2D eigenvalue weighted by molar-refractivity contribution is 14.1. The van der Waals surface area contributed by atoms with Gasteiger partial charge in [0.2, 0.25) is 0 Å². The second-order valence-corrected chi connectivity index (χ2v) is 4.87. The standard InChI is InChI=1S/C10H9FIN5O2/c11-6-1-8(9(17(18)19)2-7(6)12)14-3-5-4-15-16-10(5)13/h1-2,4,14H,3H2,(H3,13,15,16). The van der Waals surface area contributed by atoms with Gasteiger partial charge in [0, 0.05) is 24.2 Å². The Balaban J connectivity index is 2.26. The van der Waals surface area contributed by atoms with Gasteiger partial charge in [-0.2, -0.15) is 5.10 Å². The number of nitro benzene ring substituents is 1. The van der Waals surface area contributed by atoms with Crippen LogP contribution in [0.4, 0.5) is 21.6 Å². The molecule has 1 heterocycles. The number of halogens is 2. The molecule has 0 amide bonds. The molecule has 4 N–H and O–H groups in total. The van der Waals surface area contributed by atoms with Gasteiger partial charge in [0.05, 0.1) is 14.7 Å². The third kappa shape index (κ3) is 2.92. The number of nitrogens with one attached hydrogen (secondary N) is 2. The molecule has 100 valence electrons. The minimum atomic E-state index is -0.567. The number of aromatic amines is 1. The van der Waals surface area contributed by atoms with Crippen molar-refractivity contribution in [2.24, 2.45) is 0 Å². The lowest BCUT2D eigenvalue weighted by Gasteiger charge is -2.07. The van der Waals surface area contributed by atoms with Crippen LogP contribution in [0.3, 0.4) is 0 Å². The smallest absolute Gasteiger partial charge is 0.293 e. The zero-order valence-corrected chi connectivity index (χ0v) is 11.6. The molecule has 0 bridgehead atoms. The van der Waals surface area contributed by atoms with Gasteiger partial charge >= 0.3 is 0 Å². The summed E-state index contributed by atoms with van der Waals surface area (Å²) < 4.78 is 13.6. The van der Waals surface area contributed by atoms with Gasteiger partial charge in [0.15, 0.2) is 0 Å². The van der Waals surface area contributed by atoms with Crippen molar-refractivity contribution in [1.82, 2.24) is 10.2 Å². The number of rotatable bonds is 4. The molecule has 0 aliphatic heterocycles. The summed E-state index contributed by atoms with van der Waals surface area (Å²) in [6, 6.07) is 2.27. The summed E-state index contributed by atoms with van der Waals surface area (Å²) in [7, 11) is 0. The Kier molecular flexibility index (Phi) is 3.83. The summed E-state index contributed by atoms with van der Waals surface area (Å²) in [6.07, 6.45) is 1.50. The van der Waals surface area contributed by atoms with Gasteiger partial charge in [0.1, 0.15) is 17.3 Å². The Morgan fingerprint density at radius 2 is 2.32 bits per heavy atom. The van der Waals surface area contributed by atoms with Crippen LogP contribution in [0.2, 0.25) is 0 Å². The normalized spacial score (nSPS) is 10.4. The topological polar surface area (TPSA) is 110 Å². The molecule has 0 atom stereocenters. The van der Waals surface area contributed by atoms with E-state index in [2.05, 4.69) is 15.5 Å². The van der Waals surface area contributed by atoms with Gasteiger partial charge < -0.3 is 11.1 Å². The first-order chi connectivity index (χ1) is 8.99. The van der Waals surface area contributed by atoms with Crippen LogP contribution in [0.15, 0.2) is 18.3 Å². The van der Waals surface area contributed by atoms with E-state index in [0.717, 1.165) is 6.07 Å². The Labute approximate surface area is 120 Å². The number of nitrogens with zero attached hydrogens (tertiary/aromatic N) is 2. The lowest BCUT2D eigenvalue weighted by atomic mass is 10.2. The summed E-state index contributed by atoms with van der Waals surface area (Å²) in [5.41, 5.74) is 6.15. The van der Waals surface area contributed by atoms with Crippen molar-refractivity contribution in [3.63, 3.8) is 0 Å². The summed E-state index contributed by atoms with van der Waals surface area (Å²) in [5, 5.41) is 20.0. The molecular formula is C10H9FIN5O2. The molecule has 0 aliphatic carbocycles. The third-order valence-corrected chi connectivity index (χ3v) is 3.28. The first-order valence-corrected chi connectivity index (χ1v) is 6.22. The van der Waals surface area contributed by atoms with Crippen LogP contribution in [0.5, 0.6) is 0 Å². The Hall–Kier alpha value is -1.91. The van der Waals surface area contributed by atoms with Crippen molar-refractivity contribution in [2.75, 3.05) is 11.1 Å². The number of benzene rings is 1. The molecule has 0 saturated heterocycles. The quantitative estimate of drug-likeness (QED) is 0.430. The first kappa shape index (κ1) is 13.5. The maximum absolute atomic E-state index is 13.5. The van der Waals surface area contributed by atoms with Gasteiger partial charge in [-0.1, -0.05) is 0 Å². The predicted octanol–water partition coefficient (Wildman–Crippen LogP) is 2.26. The van der Waals surface area contributed by atoms with Crippen LogP contribution in [0, 0.1) is 19.5 Å². The highest BCUT2D eigenvalue weighted by atomic mass is 127. The largest absolute Gasteiger partial charge is 0.384 e. The number of hydrogen-bond acceptors (Lipinski definition) is 5. The Bertz CT molecular complexity index is 630. The molecule has 7 nitrogen and oxygen atoms in total. The van der Waals surface area contributed by atoms with E-state index in [1.54, 1.807) is 22.6 Å². The molecule has 0 radical (unpaired) electrons. The highest BCUT2D eigenvalue weighted by Crippen LogP contribution is 2.29. The number of anilines is 2. The van der Waals surface area contributed by atoms with Crippen molar-refractivity contribution < 1.29 is 9.31 Å². The SMILES string of the molecule is Nc1[nH]ncc1CNc1cc(F)c(I)cc1[N+](=O)[O-]. The van der Waals surface area contributed by atoms with Crippen LogP contribution in [-0.4, -0.2) is 15.1 Å². The van der Waals surface area contributed by atoms with Crippen LogP contribution in [-0.2, 0) is 6.54 Å². The van der Waals surface area contributed by atoms with Crippen LogP contribution in [0.25, 0.3) is 0 Å². The van der Waals surface area contributed by atoms with Crippen molar-refractivity contribution >= 4 is 39.8 Å². The number of hydrogen-bond donors (Lipinski definition) is 3. The average Bonchev–Trinajstić information content (AvgIpc) is 2.75. The first-order valence-electron chi connectivity index (χ1n) is 5.14. The van der Waals surface area contributed by atoms with E-state index in [4.69, 9.17) is 5.73 Å². The molecule has 0 spiro atoms. The fourth-order valence-corrected chi connectivity index (χ4v) is 1.93. The molecule has 0 unspecified atom stereocenters. The van der Waals surface area contributed by atoms with Gasteiger partial charge in [-0.05, 0) is 22.6 Å². The lowest BCUT2D eigenvalue weighted by Crippen LogP contribution is -2.05. The summed E-state index contributed by atoms with van der Waals surface area (Å²) >= 11 is 1.70. The van der Waals surface area contributed by atoms with E-state index in [1.807, 2.05) is 0 Å². The fraction of sp³-hybridized carbons (Fsp3) is 0.100. The molecule has 0 saturated carbocycles. The zero-order valence-electron chi connectivity index (χ0n) is 9.48. The molecule has 1 aromatic carbocycles. The van der Waals surface area contributed by atoms with Crippen molar-refractivity contribution in [1.29, 1.82) is 0 Å². The number of nitrogens with two attached hydrogens (primary N) is 1. The van der Waals surface area contributed by atoms with E-state index < -0.39 is 10.7 Å². The third-order valence-electron chi connectivity index (χ3n) is 2.46. The molecule has 0 fully saturated rings. The second-order valence-electron chi connectivity index (χ2n) is 3.70. The second kappa shape index (κ2) is 5.38. The van der Waals surface area contributed by atoms with E-state index >= 15 is 0 Å². The van der Waals surface area contributed by atoms with Crippen LogP contribution in [0.1, 0.15) is 5.56 Å². The summed E-state index contributed by atoms with van der Waals surface area (Å²) in [4.78, 5) is 10.3. The Morgan fingerprint density at radius 1 is 1.58 bits per heavy atom. The van der Waals surface area contributed by atoms with Crippen molar-refractivity contribution in [2.45, 2.75) is 6.54 Å². The number of nitrogen functional groups attached to an aromatic ring is 1. The molecular weight excluding hydrogens is 368 g/mol. The molecule has 9 heteroatoms. The van der Waals surface area contributed by atoms with Gasteiger partial charge in [-0.15, -0.1) is 0 Å². The van der Waals surface area contributed by atoms with E-state index in [1.165, 1.54) is 12.3 Å². The van der Waals surface area contributed by atoms with E-state index in [0.29, 0.717) is 11.4 Å². The molecule has 2 rings (SSSR count). The van der Waals surface area contributed by atoms with Crippen molar-refractivity contribution in [3.05, 3.63) is 43.4 Å². The van der Waals surface area contributed by atoms with Gasteiger partial charge in [0.25, 0.3) is 5.69 Å². The lowest BCUT2D eigenvalue weighted by molar-refractivity contribution is -0.384. The van der Waals surface area contributed by atoms with Crippen LogP contribution < -0.4 is 11.1 Å². The van der Waals surface area contributed by atoms with Crippen molar-refractivity contribution in [3.8, 4) is 0 Å². The van der Waals surface area contributed by atoms with E-state index in [9.17, 15) is 14.5 Å². The van der Waals surface area contributed by atoms with Crippen LogP contribution >= 0.6 is 22.6 Å². The predicted molar refractivity (Wildman–Crippen MR) is 76.1 cm³/mol. The summed E-state index contributed by atoms with van der Waals surface area (Å²) in [5.74, 6) is -0.157. The number of nitro groups is 1. The number of H-pyrrole nitrogens is 1. The maximum atomic E-state index is 13.5. The minimum absolute atomic E-state index is 0.100. The molecule has 19 heavy (non-hydrogen) atoms. The minimum Gasteiger partial charge on any atom is -0.384 e. The highest BCUT2D eigenvalue weighted by Gasteiger charge is 2.17. The Morgan fingerprint density at radius 3 is 2.89 bits per heavy atom. The van der Waals surface area contributed by atoms with Gasteiger partial charge in [-0.25, -0.2) is 4.39 Å². The molecule has 0 aliphatic rings. The van der Waals surface area contributed by atoms with E-state index in [-0.39, 0.29) is 21.5 Å². The maximum Gasteiger partial charge on any atom is 0.293 e. The molecule has 1 aromatic heterocycles. The van der Waals surface area contributed by atoms with Gasteiger partial charge in [-0.3, -0.25) is 15.2 Å².